The molecule has 13 heavy (non-hydrogen) atoms. The molecule has 0 aliphatic rings. The molecule has 0 aliphatic carbocycles. The lowest BCUT2D eigenvalue weighted by atomic mass is 10.3. The van der Waals surface area contributed by atoms with E-state index in [0.29, 0.717) is 5.69 Å². The number of hydrogen-bond acceptors (Lipinski definition) is 2. The highest BCUT2D eigenvalue weighted by Crippen LogP contribution is 2.18. The number of amides is 1. The monoisotopic (exact) mass is 183 g/mol. The van der Waals surface area contributed by atoms with Gasteiger partial charge in [0.2, 0.25) is 5.91 Å². The normalized spacial score (nSPS) is 9.69. The van der Waals surface area contributed by atoms with Crippen molar-refractivity contribution in [1.82, 2.24) is 0 Å². The number of phenolic OH excluding ortho intramolecular Hbond substituents is 1. The van der Waals surface area contributed by atoms with Gasteiger partial charge in [0.05, 0.1) is 0 Å². The summed E-state index contributed by atoms with van der Waals surface area (Å²) >= 11 is 0. The fourth-order valence-electron chi connectivity index (χ4n) is 0.968. The van der Waals surface area contributed by atoms with E-state index in [-0.39, 0.29) is 11.7 Å². The second-order valence-corrected chi connectivity index (χ2v) is 2.58. The number of hydrogen-bond donors (Lipinski definition) is 1. The lowest BCUT2D eigenvalue weighted by molar-refractivity contribution is -0.116. The minimum absolute atomic E-state index is 0.0890. The van der Waals surface area contributed by atoms with Crippen LogP contribution in [0.2, 0.25) is 0 Å². The first-order chi connectivity index (χ1) is 6.15. The Hall–Kier alpha value is -1.58. The predicted molar refractivity (Wildman–Crippen MR) is 47.2 cm³/mol. The Bertz CT molecular complexity index is 297. The Balaban J connectivity index is 2.92. The fraction of sp³-hybridized carbons (Fsp3) is 0.222. The molecule has 0 radical (unpaired) electrons. The van der Waals surface area contributed by atoms with Gasteiger partial charge >= 0.3 is 0 Å². The number of nitrogens with zero attached hydrogens (tertiary/aromatic N) is 1. The first kappa shape index (κ1) is 9.51. The second-order valence-electron chi connectivity index (χ2n) is 2.58. The van der Waals surface area contributed by atoms with Crippen molar-refractivity contribution in [3.8, 4) is 5.75 Å². The molecule has 0 unspecified atom stereocenters. The largest absolute Gasteiger partial charge is 0.508 e. The average Bonchev–Trinajstić information content (AvgIpc) is 2.09. The molecule has 4 heteroatoms. The smallest absolute Gasteiger partial charge is 0.225 e. The number of rotatable bonds is 2. The molecule has 0 saturated carbocycles. The maximum Gasteiger partial charge on any atom is 0.225 e. The molecule has 1 aromatic rings. The van der Waals surface area contributed by atoms with Crippen LogP contribution < -0.4 is 4.90 Å². The summed E-state index contributed by atoms with van der Waals surface area (Å²) in [6, 6.07) is 5.77. The van der Waals surface area contributed by atoms with Crippen LogP contribution in [0.4, 0.5) is 10.1 Å². The molecule has 70 valence electrons. The topological polar surface area (TPSA) is 40.5 Å². The average molecular weight is 183 g/mol. The van der Waals surface area contributed by atoms with Crippen molar-refractivity contribution in [2.75, 3.05) is 11.7 Å². The molecule has 1 N–H and O–H groups in total. The number of carbonyl (C=O) groups is 1. The van der Waals surface area contributed by atoms with Gasteiger partial charge in [0.25, 0.3) is 0 Å². The Morgan fingerprint density at radius 3 is 2.38 bits per heavy atom. The maximum absolute atomic E-state index is 12.3. The molecule has 0 spiro atoms. The molecule has 1 aromatic carbocycles. The predicted octanol–water partition coefficient (Wildman–Crippen LogP) is 1.67. The molecule has 0 fully saturated rings. The van der Waals surface area contributed by atoms with Crippen molar-refractivity contribution in [2.45, 2.75) is 6.92 Å². The molecule has 0 aliphatic heterocycles. The third-order valence-electron chi connectivity index (χ3n) is 1.66. The van der Waals surface area contributed by atoms with E-state index in [1.54, 1.807) is 0 Å². The van der Waals surface area contributed by atoms with Crippen molar-refractivity contribution in [3.05, 3.63) is 24.3 Å². The van der Waals surface area contributed by atoms with E-state index in [9.17, 15) is 9.18 Å². The van der Waals surface area contributed by atoms with E-state index in [4.69, 9.17) is 5.11 Å². The quantitative estimate of drug-likeness (QED) is 0.708. The number of halogens is 1. The summed E-state index contributed by atoms with van der Waals surface area (Å²) in [7, 11) is 0. The first-order valence-electron chi connectivity index (χ1n) is 3.78. The van der Waals surface area contributed by atoms with Gasteiger partial charge in [0.1, 0.15) is 5.75 Å². The van der Waals surface area contributed by atoms with Crippen molar-refractivity contribution in [2.24, 2.45) is 0 Å². The van der Waals surface area contributed by atoms with Gasteiger partial charge in [-0.3, -0.25) is 9.69 Å². The van der Waals surface area contributed by atoms with Gasteiger partial charge in [-0.2, -0.15) is 0 Å². The zero-order valence-corrected chi connectivity index (χ0v) is 7.20. The summed E-state index contributed by atoms with van der Waals surface area (Å²) in [5.74, 6) is -0.278. The van der Waals surface area contributed by atoms with Crippen molar-refractivity contribution >= 4 is 11.6 Å². The lowest BCUT2D eigenvalue weighted by Gasteiger charge is -2.16. The third-order valence-corrected chi connectivity index (χ3v) is 1.66. The van der Waals surface area contributed by atoms with Gasteiger partial charge in [0, 0.05) is 12.6 Å². The molecule has 1 rings (SSSR count). The number of benzene rings is 1. The Morgan fingerprint density at radius 2 is 2.00 bits per heavy atom. The van der Waals surface area contributed by atoms with Crippen LogP contribution in [0.15, 0.2) is 24.3 Å². The first-order valence-corrected chi connectivity index (χ1v) is 3.78. The zero-order valence-electron chi connectivity index (χ0n) is 7.20. The van der Waals surface area contributed by atoms with E-state index < -0.39 is 6.80 Å². The highest BCUT2D eigenvalue weighted by Gasteiger charge is 2.09. The van der Waals surface area contributed by atoms with Crippen LogP contribution in [0.1, 0.15) is 6.92 Å². The van der Waals surface area contributed by atoms with Crippen LogP contribution in [0.5, 0.6) is 5.75 Å². The summed E-state index contributed by atoms with van der Waals surface area (Å²) < 4.78 is 12.3. The minimum Gasteiger partial charge on any atom is -0.508 e. The molecule has 1 amide bonds. The van der Waals surface area contributed by atoms with Gasteiger partial charge in [-0.1, -0.05) is 0 Å². The van der Waals surface area contributed by atoms with Crippen molar-refractivity contribution in [1.29, 1.82) is 0 Å². The van der Waals surface area contributed by atoms with E-state index in [2.05, 4.69) is 0 Å². The molecule has 3 nitrogen and oxygen atoms in total. The van der Waals surface area contributed by atoms with E-state index >= 15 is 0 Å². The third kappa shape index (κ3) is 2.18. The van der Waals surface area contributed by atoms with E-state index in [0.717, 1.165) is 4.90 Å². The van der Waals surface area contributed by atoms with Gasteiger partial charge in [-0.15, -0.1) is 0 Å². The number of anilines is 1. The summed E-state index contributed by atoms with van der Waals surface area (Å²) in [5, 5.41) is 8.95. The molecule has 0 aromatic heterocycles. The molecule has 0 saturated heterocycles. The van der Waals surface area contributed by atoms with Gasteiger partial charge in [0.15, 0.2) is 6.80 Å². The van der Waals surface area contributed by atoms with E-state index in [1.165, 1.54) is 31.2 Å². The Morgan fingerprint density at radius 1 is 1.46 bits per heavy atom. The zero-order chi connectivity index (χ0) is 9.84. The molecule has 0 atom stereocenters. The van der Waals surface area contributed by atoms with Gasteiger partial charge < -0.3 is 5.11 Å². The van der Waals surface area contributed by atoms with Crippen LogP contribution in [0.25, 0.3) is 0 Å². The minimum atomic E-state index is -0.861. The standard InChI is InChI=1S/C9H10FNO2/c1-7(12)11(6-10)8-2-4-9(13)5-3-8/h2-5,13H,6H2,1H3. The Kier molecular flexibility index (Phi) is 2.84. The van der Waals surface area contributed by atoms with Crippen LogP contribution in [0, 0.1) is 0 Å². The summed E-state index contributed by atoms with van der Waals surface area (Å²) in [6.07, 6.45) is 0. The fourth-order valence-corrected chi connectivity index (χ4v) is 0.968. The summed E-state index contributed by atoms with van der Waals surface area (Å²) in [5.41, 5.74) is 0.438. The Labute approximate surface area is 75.4 Å². The SMILES string of the molecule is CC(=O)N(CF)c1ccc(O)cc1. The lowest BCUT2D eigenvalue weighted by Crippen LogP contribution is -2.26. The van der Waals surface area contributed by atoms with Crippen molar-refractivity contribution in [3.63, 3.8) is 0 Å². The van der Waals surface area contributed by atoms with Crippen LogP contribution in [-0.4, -0.2) is 17.8 Å². The molecule has 0 bridgehead atoms. The van der Waals surface area contributed by atoms with E-state index in [1.807, 2.05) is 0 Å². The highest BCUT2D eigenvalue weighted by atomic mass is 19.1. The molecule has 0 heterocycles. The van der Waals surface area contributed by atoms with Crippen LogP contribution >= 0.6 is 0 Å². The summed E-state index contributed by atoms with van der Waals surface area (Å²) in [4.78, 5) is 11.9. The number of phenols is 1. The van der Waals surface area contributed by atoms with Crippen molar-refractivity contribution < 1.29 is 14.3 Å². The second kappa shape index (κ2) is 3.89. The molecular weight excluding hydrogens is 173 g/mol. The number of carbonyl (C=O) groups excluding carboxylic acids is 1. The van der Waals surface area contributed by atoms with Gasteiger partial charge in [-0.25, -0.2) is 4.39 Å². The highest BCUT2D eigenvalue weighted by molar-refractivity contribution is 5.91. The number of alkyl halides is 1. The van der Waals surface area contributed by atoms with Crippen LogP contribution in [0.3, 0.4) is 0 Å². The maximum atomic E-state index is 12.3. The summed E-state index contributed by atoms with van der Waals surface area (Å²) in [6.45, 7) is 0.423. The van der Waals surface area contributed by atoms with Gasteiger partial charge in [-0.05, 0) is 24.3 Å². The molecular formula is C9H10FNO2. The number of aromatic hydroxyl groups is 1. The van der Waals surface area contributed by atoms with Crippen LogP contribution in [-0.2, 0) is 4.79 Å².